The average Bonchev–Trinajstić information content (AvgIpc) is 2.91. The Bertz CT molecular complexity index is 672. The normalized spacial score (nSPS) is 11.8. The molecular weight excluding hydrogens is 595 g/mol. The maximum Gasteiger partial charge on any atom is 1.00 e. The van der Waals surface area contributed by atoms with E-state index in [1.807, 2.05) is 0 Å². The number of rotatable bonds is 31. The minimum absolute atomic E-state index is 0. The molecule has 244 valence electrons. The topological polar surface area (TPSA) is 146 Å². The number of hydrogen-bond acceptors (Lipinski definition) is 9. The third-order valence-corrected chi connectivity index (χ3v) is 7.23. The van der Waals surface area contributed by atoms with Crippen molar-refractivity contribution in [3.05, 3.63) is 0 Å². The number of hydrogen-bond donors (Lipinski definition) is 1. The van der Waals surface area contributed by atoms with Crippen LogP contribution < -0.4 is 74.2 Å². The zero-order valence-corrected chi connectivity index (χ0v) is 32.8. The van der Waals surface area contributed by atoms with E-state index in [-0.39, 0.29) is 84.8 Å². The first-order valence-electron chi connectivity index (χ1n) is 16.0. The van der Waals surface area contributed by atoms with Crippen LogP contribution in [0.4, 0.5) is 0 Å². The number of nitrogens with one attached hydrogen (secondary N) is 1. The van der Waals surface area contributed by atoms with Gasteiger partial charge in [-0.1, -0.05) is 110 Å². The molecule has 0 aromatic heterocycles. The molecule has 13 heteroatoms. The molecule has 10 nitrogen and oxygen atoms in total. The molecule has 0 unspecified atom stereocenters. The standard InChI is InChI=1S/C30H60NO9P.2Na/c1-3-4-5-6-7-8-9-10-13-16-19-22-30(33)40-29(26-39-41(34,35)36)25-38-27-37-24-21-18-15-12-11-14-17-20-23-31-28(2)32;;/h29H,3-27H2,1-2H3,(H,31,32)(H2,34,35,36);;/q;2*+1/p-2/t29-;;/m1../s1. The van der Waals surface area contributed by atoms with Gasteiger partial charge in [-0.15, -0.1) is 0 Å². The molecular formula is C30H58NNa2O9P. The molecule has 0 saturated carbocycles. The molecule has 0 aliphatic carbocycles. The van der Waals surface area contributed by atoms with Crippen molar-refractivity contribution >= 4 is 19.7 Å². The second kappa shape index (κ2) is 35.8. The summed E-state index contributed by atoms with van der Waals surface area (Å²) in [5.74, 6) is -0.437. The fourth-order valence-electron chi connectivity index (χ4n) is 4.42. The first kappa shape index (κ1) is 48.4. The van der Waals surface area contributed by atoms with E-state index in [9.17, 15) is 23.9 Å². The van der Waals surface area contributed by atoms with Crippen molar-refractivity contribution in [2.24, 2.45) is 0 Å². The number of carbonyl (C=O) groups is 2. The summed E-state index contributed by atoms with van der Waals surface area (Å²) in [6.45, 7) is 4.33. The van der Waals surface area contributed by atoms with Crippen LogP contribution in [0.15, 0.2) is 0 Å². The Morgan fingerprint density at radius 3 is 1.70 bits per heavy atom. The molecule has 0 heterocycles. The SMILES string of the molecule is CCCCCCCCCCCCCC(=O)O[C@H](COCOCCCCCCCCCCNC(C)=O)COP(=O)([O-])[O-].[Na+].[Na+]. The Labute approximate surface area is 306 Å². The predicted octanol–water partition coefficient (Wildman–Crippen LogP) is -0.300. The van der Waals surface area contributed by atoms with Crippen molar-refractivity contribution in [2.75, 3.05) is 33.2 Å². The molecule has 0 radical (unpaired) electrons. The van der Waals surface area contributed by atoms with Gasteiger partial charge in [0, 0.05) is 26.5 Å². The summed E-state index contributed by atoms with van der Waals surface area (Å²) in [7, 11) is -5.18. The van der Waals surface area contributed by atoms with Gasteiger partial charge in [0.15, 0.2) is 0 Å². The number of ether oxygens (including phenoxy) is 3. The summed E-state index contributed by atoms with van der Waals surface area (Å²) in [6, 6.07) is 0. The van der Waals surface area contributed by atoms with E-state index in [0.717, 1.165) is 57.9 Å². The number of amides is 1. The van der Waals surface area contributed by atoms with E-state index in [1.165, 1.54) is 71.1 Å². The molecule has 0 aliphatic heterocycles. The van der Waals surface area contributed by atoms with Crippen molar-refractivity contribution in [1.82, 2.24) is 5.32 Å². The zero-order chi connectivity index (χ0) is 30.4. The molecule has 0 aromatic carbocycles. The summed E-state index contributed by atoms with van der Waals surface area (Å²) in [5.41, 5.74) is 0. The largest absolute Gasteiger partial charge is 1.00 e. The number of esters is 1. The third-order valence-electron chi connectivity index (χ3n) is 6.76. The van der Waals surface area contributed by atoms with Crippen LogP contribution in [-0.2, 0) is 32.9 Å². The van der Waals surface area contributed by atoms with Crippen LogP contribution in [0, 0.1) is 0 Å². The monoisotopic (exact) mass is 653 g/mol. The molecule has 0 spiro atoms. The number of carbonyl (C=O) groups excluding carboxylic acids is 2. The van der Waals surface area contributed by atoms with Crippen LogP contribution in [0.1, 0.15) is 142 Å². The van der Waals surface area contributed by atoms with Gasteiger partial charge in [0.05, 0.1) is 21.0 Å². The first-order valence-corrected chi connectivity index (χ1v) is 17.5. The number of phosphoric acid groups is 1. The van der Waals surface area contributed by atoms with Crippen LogP contribution in [0.2, 0.25) is 0 Å². The summed E-state index contributed by atoms with van der Waals surface area (Å²) in [5, 5.41) is 2.80. The Morgan fingerprint density at radius 1 is 0.698 bits per heavy atom. The molecule has 43 heavy (non-hydrogen) atoms. The summed E-state index contributed by atoms with van der Waals surface area (Å²) < 4.78 is 31.3. The maximum atomic E-state index is 12.2. The van der Waals surface area contributed by atoms with E-state index in [4.69, 9.17) is 14.2 Å². The quantitative estimate of drug-likeness (QED) is 0.0351. The predicted molar refractivity (Wildman–Crippen MR) is 157 cm³/mol. The van der Waals surface area contributed by atoms with Gasteiger partial charge in [0.25, 0.3) is 0 Å². The van der Waals surface area contributed by atoms with Crippen LogP contribution in [0.5, 0.6) is 0 Å². The minimum atomic E-state index is -5.18. The van der Waals surface area contributed by atoms with E-state index in [1.54, 1.807) is 0 Å². The fourth-order valence-corrected chi connectivity index (χ4v) is 4.77. The van der Waals surface area contributed by atoms with Gasteiger partial charge in [0.1, 0.15) is 12.9 Å². The molecule has 1 N–H and O–H groups in total. The van der Waals surface area contributed by atoms with Crippen molar-refractivity contribution in [3.8, 4) is 0 Å². The summed E-state index contributed by atoms with van der Waals surface area (Å²) in [4.78, 5) is 44.7. The van der Waals surface area contributed by atoms with Crippen LogP contribution in [0.25, 0.3) is 0 Å². The van der Waals surface area contributed by atoms with Gasteiger partial charge in [-0.05, 0) is 19.3 Å². The smallest absolute Gasteiger partial charge is 0.790 e. The van der Waals surface area contributed by atoms with E-state index in [2.05, 4.69) is 16.8 Å². The van der Waals surface area contributed by atoms with Crippen LogP contribution >= 0.6 is 7.82 Å². The van der Waals surface area contributed by atoms with Crippen molar-refractivity contribution in [2.45, 2.75) is 148 Å². The van der Waals surface area contributed by atoms with Crippen LogP contribution in [-0.4, -0.2) is 51.1 Å². The van der Waals surface area contributed by atoms with Gasteiger partial charge in [-0.3, -0.25) is 9.59 Å². The molecule has 0 rings (SSSR count). The number of phosphoric ester groups is 1. The first-order chi connectivity index (χ1) is 19.7. The second-order valence-electron chi connectivity index (χ2n) is 10.8. The van der Waals surface area contributed by atoms with E-state index >= 15 is 0 Å². The van der Waals surface area contributed by atoms with E-state index in [0.29, 0.717) is 13.0 Å². The zero-order valence-electron chi connectivity index (χ0n) is 27.9. The molecule has 0 fully saturated rings. The molecule has 1 amide bonds. The fraction of sp³-hybridized carbons (Fsp3) is 0.933. The Balaban J connectivity index is -0.00000800. The molecule has 0 bridgehead atoms. The van der Waals surface area contributed by atoms with Gasteiger partial charge in [-0.25, -0.2) is 0 Å². The third kappa shape index (κ3) is 40.9. The molecule has 0 aliphatic rings. The maximum absolute atomic E-state index is 12.2. The van der Waals surface area contributed by atoms with Gasteiger partial charge in [0.2, 0.25) is 5.91 Å². The number of unbranched alkanes of at least 4 members (excludes halogenated alkanes) is 17. The van der Waals surface area contributed by atoms with Gasteiger partial charge >= 0.3 is 65.1 Å². The molecule has 0 saturated heterocycles. The van der Waals surface area contributed by atoms with Gasteiger partial charge < -0.3 is 38.4 Å². The van der Waals surface area contributed by atoms with Crippen molar-refractivity contribution in [3.63, 3.8) is 0 Å². The van der Waals surface area contributed by atoms with Crippen molar-refractivity contribution in [1.29, 1.82) is 0 Å². The van der Waals surface area contributed by atoms with E-state index < -0.39 is 26.5 Å². The Hall–Kier alpha value is 0.970. The Kier molecular flexibility index (Phi) is 40.3. The average molecular weight is 654 g/mol. The second-order valence-corrected chi connectivity index (χ2v) is 12.0. The minimum Gasteiger partial charge on any atom is -0.790 e. The van der Waals surface area contributed by atoms with Crippen LogP contribution in [0.3, 0.4) is 0 Å². The molecule has 0 aromatic rings. The Morgan fingerprint density at radius 2 is 1.19 bits per heavy atom. The van der Waals surface area contributed by atoms with Crippen molar-refractivity contribution < 1.29 is 102 Å². The summed E-state index contributed by atoms with van der Waals surface area (Å²) >= 11 is 0. The summed E-state index contributed by atoms with van der Waals surface area (Å²) in [6.07, 6.45) is 20.9. The van der Waals surface area contributed by atoms with Gasteiger partial charge in [-0.2, -0.15) is 0 Å². The molecule has 1 atom stereocenters.